The van der Waals surface area contributed by atoms with Crippen molar-refractivity contribution >= 4 is 32.5 Å². The predicted molar refractivity (Wildman–Crippen MR) is 72.3 cm³/mol. The summed E-state index contributed by atoms with van der Waals surface area (Å²) in [6.45, 7) is 3.14. The Bertz CT molecular complexity index is 575. The van der Waals surface area contributed by atoms with Crippen molar-refractivity contribution in [2.45, 2.75) is 12.5 Å². The summed E-state index contributed by atoms with van der Waals surface area (Å²) < 4.78 is 1.07. The van der Waals surface area contributed by atoms with Crippen molar-refractivity contribution < 1.29 is 5.11 Å². The third kappa shape index (κ3) is 1.81. The molecule has 0 saturated carbocycles. The highest BCUT2D eigenvalue weighted by molar-refractivity contribution is 9.10. The summed E-state index contributed by atoms with van der Waals surface area (Å²) >= 11 is 3.55. The molecule has 3 rings (SSSR count). The lowest BCUT2D eigenvalue weighted by molar-refractivity contribution is 0.0307. The van der Waals surface area contributed by atoms with E-state index < -0.39 is 5.60 Å². The Balaban J connectivity index is 2.09. The third-order valence-corrected chi connectivity index (χ3v) is 3.79. The molecule has 0 radical (unpaired) electrons. The average Bonchev–Trinajstić information content (AvgIpc) is 2.26. The zero-order valence-electron chi connectivity index (χ0n) is 9.52. The van der Waals surface area contributed by atoms with Crippen LogP contribution in [-0.2, 0) is 0 Å². The van der Waals surface area contributed by atoms with Gasteiger partial charge in [-0.25, -0.2) is 4.98 Å². The summed E-state index contributed by atoms with van der Waals surface area (Å²) in [5, 5.41) is 12.1. The molecule has 0 atom stereocenters. The van der Waals surface area contributed by atoms with Crippen molar-refractivity contribution in [2.75, 3.05) is 18.0 Å². The topological polar surface area (TPSA) is 36.4 Å². The Labute approximate surface area is 108 Å². The fraction of sp³-hybridized carbons (Fsp3) is 0.308. The number of halogens is 1. The zero-order chi connectivity index (χ0) is 12.0. The molecule has 2 heterocycles. The normalized spacial score (nSPS) is 18.2. The van der Waals surface area contributed by atoms with Crippen LogP contribution in [0, 0.1) is 0 Å². The molecular formula is C13H13BrN2O. The maximum Gasteiger partial charge on any atom is 0.136 e. The third-order valence-electron chi connectivity index (χ3n) is 3.09. The molecule has 0 bridgehead atoms. The fourth-order valence-corrected chi connectivity index (χ4v) is 2.83. The van der Waals surface area contributed by atoms with E-state index in [1.54, 1.807) is 0 Å². The maximum absolute atomic E-state index is 9.79. The number of aliphatic hydroxyl groups is 1. The summed E-state index contributed by atoms with van der Waals surface area (Å²) in [6, 6.07) is 8.10. The van der Waals surface area contributed by atoms with E-state index in [0.29, 0.717) is 13.1 Å². The van der Waals surface area contributed by atoms with E-state index >= 15 is 0 Å². The molecule has 1 aromatic carbocycles. The van der Waals surface area contributed by atoms with Crippen molar-refractivity contribution in [3.8, 4) is 0 Å². The van der Waals surface area contributed by atoms with Gasteiger partial charge < -0.3 is 10.0 Å². The van der Waals surface area contributed by atoms with Crippen LogP contribution >= 0.6 is 15.9 Å². The Morgan fingerprint density at radius 2 is 2.06 bits per heavy atom. The number of fused-ring (bicyclic) bond motifs is 1. The fourth-order valence-electron chi connectivity index (χ4n) is 2.33. The zero-order valence-corrected chi connectivity index (χ0v) is 11.1. The first-order valence-corrected chi connectivity index (χ1v) is 6.37. The second kappa shape index (κ2) is 3.68. The summed E-state index contributed by atoms with van der Waals surface area (Å²) in [6.07, 6.45) is 1.81. The minimum Gasteiger partial charge on any atom is -0.386 e. The van der Waals surface area contributed by atoms with Crippen LogP contribution in [0.4, 0.5) is 5.82 Å². The van der Waals surface area contributed by atoms with Crippen LogP contribution in [0.5, 0.6) is 0 Å². The molecule has 0 spiro atoms. The summed E-state index contributed by atoms with van der Waals surface area (Å²) in [7, 11) is 0. The molecule has 1 N–H and O–H groups in total. The Morgan fingerprint density at radius 3 is 2.76 bits per heavy atom. The molecule has 1 fully saturated rings. The highest BCUT2D eigenvalue weighted by Gasteiger charge is 2.37. The van der Waals surface area contributed by atoms with Gasteiger partial charge in [0, 0.05) is 34.5 Å². The summed E-state index contributed by atoms with van der Waals surface area (Å²) in [5.41, 5.74) is -0.574. The van der Waals surface area contributed by atoms with Crippen molar-refractivity contribution in [3.63, 3.8) is 0 Å². The second-order valence-electron chi connectivity index (χ2n) is 4.82. The van der Waals surface area contributed by atoms with Gasteiger partial charge in [-0.2, -0.15) is 0 Å². The number of nitrogens with zero attached hydrogens (tertiary/aromatic N) is 2. The van der Waals surface area contributed by atoms with E-state index in [4.69, 9.17) is 0 Å². The minimum absolute atomic E-state index is 0.574. The largest absolute Gasteiger partial charge is 0.386 e. The van der Waals surface area contributed by atoms with Crippen molar-refractivity contribution in [3.05, 3.63) is 34.9 Å². The van der Waals surface area contributed by atoms with Gasteiger partial charge in [-0.1, -0.05) is 28.1 Å². The average molecular weight is 293 g/mol. The first-order chi connectivity index (χ1) is 8.07. The van der Waals surface area contributed by atoms with Gasteiger partial charge in [0.05, 0.1) is 5.60 Å². The van der Waals surface area contributed by atoms with Crippen LogP contribution in [-0.4, -0.2) is 28.8 Å². The molecule has 1 aliphatic rings. The van der Waals surface area contributed by atoms with Gasteiger partial charge in [0.2, 0.25) is 0 Å². The van der Waals surface area contributed by atoms with Crippen LogP contribution < -0.4 is 4.90 Å². The van der Waals surface area contributed by atoms with Crippen molar-refractivity contribution in [1.82, 2.24) is 4.98 Å². The highest BCUT2D eigenvalue weighted by Crippen LogP contribution is 2.33. The number of aromatic nitrogens is 1. The monoisotopic (exact) mass is 292 g/mol. The van der Waals surface area contributed by atoms with Crippen LogP contribution in [0.15, 0.2) is 34.9 Å². The molecule has 1 aliphatic heterocycles. The van der Waals surface area contributed by atoms with Gasteiger partial charge in [-0.05, 0) is 19.1 Å². The molecule has 1 saturated heterocycles. The highest BCUT2D eigenvalue weighted by atomic mass is 79.9. The van der Waals surface area contributed by atoms with Gasteiger partial charge >= 0.3 is 0 Å². The van der Waals surface area contributed by atoms with E-state index in [-0.39, 0.29) is 0 Å². The predicted octanol–water partition coefficient (Wildman–Crippen LogP) is 2.57. The minimum atomic E-state index is -0.574. The van der Waals surface area contributed by atoms with Gasteiger partial charge in [0.25, 0.3) is 0 Å². The Morgan fingerprint density at radius 1 is 1.29 bits per heavy atom. The van der Waals surface area contributed by atoms with Crippen molar-refractivity contribution in [2.24, 2.45) is 0 Å². The lowest BCUT2D eigenvalue weighted by Gasteiger charge is -2.45. The summed E-state index contributed by atoms with van der Waals surface area (Å²) in [4.78, 5) is 6.54. The van der Waals surface area contributed by atoms with Gasteiger partial charge in [0.1, 0.15) is 5.82 Å². The maximum atomic E-state index is 9.79. The molecule has 0 aliphatic carbocycles. The SMILES string of the molecule is CC1(O)CN(c2nccc3c(Br)cccc23)C1. The molecular weight excluding hydrogens is 280 g/mol. The second-order valence-corrected chi connectivity index (χ2v) is 5.68. The number of rotatable bonds is 1. The number of hydrogen-bond acceptors (Lipinski definition) is 3. The van der Waals surface area contributed by atoms with Gasteiger partial charge in [0.15, 0.2) is 0 Å². The van der Waals surface area contributed by atoms with Gasteiger partial charge in [-0.3, -0.25) is 0 Å². The van der Waals surface area contributed by atoms with E-state index in [9.17, 15) is 5.11 Å². The molecule has 3 nitrogen and oxygen atoms in total. The lowest BCUT2D eigenvalue weighted by Crippen LogP contribution is -2.60. The number of benzene rings is 1. The number of hydrogen-bond donors (Lipinski definition) is 1. The standard InChI is InChI=1S/C13H13BrN2O/c1-13(17)7-16(8-13)12-10-3-2-4-11(14)9(10)5-6-15-12/h2-6,17H,7-8H2,1H3. The Hall–Kier alpha value is -1.13. The van der Waals surface area contributed by atoms with E-state index in [0.717, 1.165) is 21.1 Å². The molecule has 88 valence electrons. The molecule has 2 aromatic rings. The van der Waals surface area contributed by atoms with Crippen molar-refractivity contribution in [1.29, 1.82) is 0 Å². The number of anilines is 1. The molecule has 0 unspecified atom stereocenters. The van der Waals surface area contributed by atoms with E-state index in [1.807, 2.05) is 31.3 Å². The first kappa shape index (κ1) is 11.0. The molecule has 17 heavy (non-hydrogen) atoms. The van der Waals surface area contributed by atoms with Gasteiger partial charge in [-0.15, -0.1) is 0 Å². The van der Waals surface area contributed by atoms with Crippen LogP contribution in [0.1, 0.15) is 6.92 Å². The van der Waals surface area contributed by atoms with E-state index in [1.165, 1.54) is 0 Å². The smallest absolute Gasteiger partial charge is 0.136 e. The molecule has 1 aromatic heterocycles. The van der Waals surface area contributed by atoms with Crippen LogP contribution in [0.3, 0.4) is 0 Å². The van der Waals surface area contributed by atoms with Crippen LogP contribution in [0.2, 0.25) is 0 Å². The molecule has 4 heteroatoms. The first-order valence-electron chi connectivity index (χ1n) is 5.57. The quantitative estimate of drug-likeness (QED) is 0.878. The summed E-state index contributed by atoms with van der Waals surface area (Å²) in [5.74, 6) is 0.954. The molecule has 0 amide bonds. The number of pyridine rings is 1. The number of β-amino-alcohol motifs (C(OH)–C–C–N with tert-alkyl or cyclic N) is 1. The van der Waals surface area contributed by atoms with E-state index in [2.05, 4.69) is 31.9 Å². The Kier molecular flexibility index (Phi) is 2.38. The lowest BCUT2D eigenvalue weighted by atomic mass is 9.96. The van der Waals surface area contributed by atoms with Crippen LogP contribution in [0.25, 0.3) is 10.8 Å².